The molecule has 23 heavy (non-hydrogen) atoms. The molecule has 1 aromatic heterocycles. The van der Waals surface area contributed by atoms with Gasteiger partial charge in [0.1, 0.15) is 6.04 Å². The summed E-state index contributed by atoms with van der Waals surface area (Å²) in [6.45, 7) is 2.25. The molecule has 0 aliphatic carbocycles. The van der Waals surface area contributed by atoms with Crippen LogP contribution in [0.3, 0.4) is 0 Å². The van der Waals surface area contributed by atoms with E-state index in [1.807, 2.05) is 12.1 Å². The van der Waals surface area contributed by atoms with E-state index in [9.17, 15) is 9.59 Å². The molecule has 3 rings (SSSR count). The van der Waals surface area contributed by atoms with E-state index >= 15 is 0 Å². The average Bonchev–Trinajstić information content (AvgIpc) is 3.13. The van der Waals surface area contributed by atoms with Crippen LogP contribution in [0.1, 0.15) is 22.7 Å². The number of hydrogen-bond donors (Lipinski definition) is 0. The van der Waals surface area contributed by atoms with Crippen molar-refractivity contribution in [3.05, 3.63) is 46.8 Å². The third kappa shape index (κ3) is 2.82. The summed E-state index contributed by atoms with van der Waals surface area (Å²) in [6, 6.07) is 8.20. The Balaban J connectivity index is 1.79. The van der Waals surface area contributed by atoms with Gasteiger partial charge in [0.05, 0.1) is 16.4 Å². The fourth-order valence-corrected chi connectivity index (χ4v) is 2.95. The SMILES string of the molecule is Cc1cc(C(=O)N(C)[C@@H]2CCN(c3ccccc3Cl)C2=O)on1. The van der Waals surface area contributed by atoms with Crippen molar-refractivity contribution in [1.29, 1.82) is 0 Å². The molecule has 2 aromatic rings. The van der Waals surface area contributed by atoms with Crippen LogP contribution in [-0.2, 0) is 4.79 Å². The lowest BCUT2D eigenvalue weighted by atomic mass is 10.2. The Bertz CT molecular complexity index is 759. The van der Waals surface area contributed by atoms with E-state index in [-0.39, 0.29) is 17.6 Å². The molecule has 0 N–H and O–H groups in total. The fourth-order valence-electron chi connectivity index (χ4n) is 2.71. The number of anilines is 1. The highest BCUT2D eigenvalue weighted by Gasteiger charge is 2.38. The second-order valence-corrected chi connectivity index (χ2v) is 5.90. The van der Waals surface area contributed by atoms with Crippen molar-refractivity contribution in [3.8, 4) is 0 Å². The maximum atomic E-state index is 12.7. The molecule has 1 aromatic carbocycles. The fraction of sp³-hybridized carbons (Fsp3) is 0.312. The minimum absolute atomic E-state index is 0.133. The predicted molar refractivity (Wildman–Crippen MR) is 85.5 cm³/mol. The molecule has 1 saturated heterocycles. The Morgan fingerprint density at radius 3 is 2.83 bits per heavy atom. The molecular weight excluding hydrogens is 318 g/mol. The van der Waals surface area contributed by atoms with Crippen LogP contribution < -0.4 is 4.90 Å². The van der Waals surface area contributed by atoms with Gasteiger partial charge in [-0.1, -0.05) is 28.9 Å². The molecule has 120 valence electrons. The first-order valence-electron chi connectivity index (χ1n) is 7.25. The summed E-state index contributed by atoms with van der Waals surface area (Å²) in [5, 5.41) is 4.22. The van der Waals surface area contributed by atoms with E-state index in [0.29, 0.717) is 29.4 Å². The second-order valence-electron chi connectivity index (χ2n) is 5.49. The molecule has 1 aliphatic heterocycles. The summed E-state index contributed by atoms with van der Waals surface area (Å²) in [5.41, 5.74) is 1.29. The van der Waals surface area contributed by atoms with Gasteiger partial charge in [0.25, 0.3) is 5.91 Å². The molecule has 1 atom stereocenters. The molecule has 7 heteroatoms. The highest BCUT2D eigenvalue weighted by molar-refractivity contribution is 6.34. The van der Waals surface area contributed by atoms with Gasteiger partial charge in [-0.05, 0) is 25.5 Å². The van der Waals surface area contributed by atoms with E-state index in [1.54, 1.807) is 37.1 Å². The number of nitrogens with zero attached hydrogens (tertiary/aromatic N) is 3. The van der Waals surface area contributed by atoms with Crippen molar-refractivity contribution in [2.75, 3.05) is 18.5 Å². The lowest BCUT2D eigenvalue weighted by Gasteiger charge is -2.23. The number of rotatable bonds is 3. The largest absolute Gasteiger partial charge is 0.351 e. The number of likely N-dealkylation sites (N-methyl/N-ethyl adjacent to an activating group) is 1. The maximum Gasteiger partial charge on any atom is 0.292 e. The van der Waals surface area contributed by atoms with Crippen LogP contribution in [0.5, 0.6) is 0 Å². The highest BCUT2D eigenvalue weighted by Crippen LogP contribution is 2.30. The molecule has 1 aliphatic rings. The van der Waals surface area contributed by atoms with Gasteiger partial charge in [-0.2, -0.15) is 0 Å². The van der Waals surface area contributed by atoms with Crippen LogP contribution in [0, 0.1) is 6.92 Å². The summed E-state index contributed by atoms with van der Waals surface area (Å²) in [5.74, 6) is -0.371. The van der Waals surface area contributed by atoms with E-state index in [2.05, 4.69) is 5.16 Å². The lowest BCUT2D eigenvalue weighted by molar-refractivity contribution is -0.120. The molecule has 1 fully saturated rings. The van der Waals surface area contributed by atoms with Crippen molar-refractivity contribution in [2.45, 2.75) is 19.4 Å². The smallest absolute Gasteiger partial charge is 0.292 e. The zero-order valence-electron chi connectivity index (χ0n) is 12.8. The summed E-state index contributed by atoms with van der Waals surface area (Å²) in [6.07, 6.45) is 0.541. The quantitative estimate of drug-likeness (QED) is 0.865. The standard InChI is InChI=1S/C16H16ClN3O3/c1-10-9-14(23-18-10)16(22)19(2)13-7-8-20(15(13)21)12-6-4-3-5-11(12)17/h3-6,9,13H,7-8H2,1-2H3/t13-/m1/s1. The van der Waals surface area contributed by atoms with Crippen molar-refractivity contribution in [2.24, 2.45) is 0 Å². The summed E-state index contributed by atoms with van der Waals surface area (Å²) >= 11 is 6.16. The zero-order valence-corrected chi connectivity index (χ0v) is 13.6. The number of amides is 2. The molecular formula is C16H16ClN3O3. The van der Waals surface area contributed by atoms with Gasteiger partial charge in [-0.15, -0.1) is 0 Å². The third-order valence-electron chi connectivity index (χ3n) is 3.95. The van der Waals surface area contributed by atoms with Crippen LogP contribution in [0.4, 0.5) is 5.69 Å². The Labute approximate surface area is 138 Å². The molecule has 6 nitrogen and oxygen atoms in total. The predicted octanol–water partition coefficient (Wildman–Crippen LogP) is 2.51. The van der Waals surface area contributed by atoms with Gasteiger partial charge >= 0.3 is 0 Å². The number of carbonyl (C=O) groups is 2. The number of aromatic nitrogens is 1. The lowest BCUT2D eigenvalue weighted by Crippen LogP contribution is -2.42. The second kappa shape index (κ2) is 6.04. The molecule has 0 unspecified atom stereocenters. The molecule has 0 radical (unpaired) electrons. The minimum Gasteiger partial charge on any atom is -0.351 e. The first-order chi connectivity index (χ1) is 11.0. The van der Waals surface area contributed by atoms with Crippen molar-refractivity contribution in [1.82, 2.24) is 10.1 Å². The average molecular weight is 334 g/mol. The number of para-hydroxylation sites is 1. The first kappa shape index (κ1) is 15.6. The molecule has 2 amide bonds. The zero-order chi connectivity index (χ0) is 16.6. The van der Waals surface area contributed by atoms with Gasteiger partial charge < -0.3 is 14.3 Å². The molecule has 0 spiro atoms. The highest BCUT2D eigenvalue weighted by atomic mass is 35.5. The number of benzene rings is 1. The van der Waals surface area contributed by atoms with Crippen LogP contribution in [0.15, 0.2) is 34.9 Å². The topological polar surface area (TPSA) is 66.7 Å². The summed E-state index contributed by atoms with van der Waals surface area (Å²) < 4.78 is 4.99. The maximum absolute atomic E-state index is 12.7. The van der Waals surface area contributed by atoms with Gasteiger partial charge in [-0.25, -0.2) is 0 Å². The van der Waals surface area contributed by atoms with E-state index in [0.717, 1.165) is 0 Å². The number of aryl methyl sites for hydroxylation is 1. The third-order valence-corrected chi connectivity index (χ3v) is 4.27. The van der Waals surface area contributed by atoms with Crippen molar-refractivity contribution < 1.29 is 14.1 Å². The van der Waals surface area contributed by atoms with Crippen LogP contribution in [-0.4, -0.2) is 41.5 Å². The normalized spacial score (nSPS) is 17.6. The molecule has 2 heterocycles. The Morgan fingerprint density at radius 1 is 1.43 bits per heavy atom. The summed E-state index contributed by atoms with van der Waals surface area (Å²) in [7, 11) is 1.60. The Morgan fingerprint density at radius 2 is 2.17 bits per heavy atom. The van der Waals surface area contributed by atoms with Gasteiger partial charge in [0.15, 0.2) is 0 Å². The van der Waals surface area contributed by atoms with Gasteiger partial charge in [0, 0.05) is 19.7 Å². The van der Waals surface area contributed by atoms with Crippen LogP contribution in [0.2, 0.25) is 5.02 Å². The van der Waals surface area contributed by atoms with Gasteiger partial charge in [0.2, 0.25) is 11.7 Å². The number of hydrogen-bond acceptors (Lipinski definition) is 4. The van der Waals surface area contributed by atoms with Crippen molar-refractivity contribution in [3.63, 3.8) is 0 Å². The van der Waals surface area contributed by atoms with E-state index < -0.39 is 6.04 Å². The van der Waals surface area contributed by atoms with Crippen molar-refractivity contribution >= 4 is 29.1 Å². The molecule has 0 bridgehead atoms. The monoisotopic (exact) mass is 333 g/mol. The van der Waals surface area contributed by atoms with E-state index in [1.165, 1.54) is 4.90 Å². The van der Waals surface area contributed by atoms with Crippen LogP contribution in [0.25, 0.3) is 0 Å². The molecule has 0 saturated carbocycles. The van der Waals surface area contributed by atoms with Gasteiger partial charge in [-0.3, -0.25) is 9.59 Å². The Hall–Kier alpha value is -2.34. The van der Waals surface area contributed by atoms with Crippen LogP contribution >= 0.6 is 11.6 Å². The number of carbonyl (C=O) groups excluding carboxylic acids is 2. The first-order valence-corrected chi connectivity index (χ1v) is 7.63. The Kier molecular flexibility index (Phi) is 4.09. The summed E-state index contributed by atoms with van der Waals surface area (Å²) in [4.78, 5) is 28.1. The van der Waals surface area contributed by atoms with E-state index in [4.69, 9.17) is 16.1 Å². The number of halogens is 1. The minimum atomic E-state index is -0.538.